The summed E-state index contributed by atoms with van der Waals surface area (Å²) in [6, 6.07) is 32.3. The third-order valence-electron chi connectivity index (χ3n) is 9.88. The van der Waals surface area contributed by atoms with Gasteiger partial charge in [0.1, 0.15) is 0 Å². The van der Waals surface area contributed by atoms with Crippen LogP contribution in [0.25, 0.3) is 0 Å². The lowest BCUT2D eigenvalue weighted by Gasteiger charge is -2.33. The Morgan fingerprint density at radius 2 is 0.919 bits per heavy atom. The molecule has 7 rings (SSSR count). The van der Waals surface area contributed by atoms with Gasteiger partial charge in [-0.15, -0.1) is 0 Å². The van der Waals surface area contributed by atoms with Gasteiger partial charge in [0, 0.05) is 0 Å². The van der Waals surface area contributed by atoms with Crippen LogP contribution in [0.15, 0.2) is 134 Å². The molecule has 4 aliphatic carbocycles. The summed E-state index contributed by atoms with van der Waals surface area (Å²) < 4.78 is 0. The van der Waals surface area contributed by atoms with Gasteiger partial charge >= 0.3 is 0 Å². The lowest BCUT2D eigenvalue weighted by atomic mass is 9.70. The molecule has 0 spiro atoms. The molecule has 2 fully saturated rings. The first kappa shape index (κ1) is 22.8. The second kappa shape index (κ2) is 9.49. The van der Waals surface area contributed by atoms with Gasteiger partial charge in [-0.25, -0.2) is 0 Å². The van der Waals surface area contributed by atoms with E-state index < -0.39 is 0 Å². The van der Waals surface area contributed by atoms with Gasteiger partial charge in [-0.1, -0.05) is 140 Å². The minimum Gasteiger partial charge on any atom is -0.0808 e. The third-order valence-corrected chi connectivity index (χ3v) is 9.88. The molecule has 0 bridgehead atoms. The lowest BCUT2D eigenvalue weighted by Crippen LogP contribution is -2.20. The summed E-state index contributed by atoms with van der Waals surface area (Å²) in [5, 5.41) is 0. The number of benzene rings is 3. The molecule has 0 heteroatoms. The smallest absolute Gasteiger partial charge is 0.000966 e. The van der Waals surface area contributed by atoms with Gasteiger partial charge < -0.3 is 0 Å². The van der Waals surface area contributed by atoms with E-state index in [1.165, 1.54) is 17.5 Å². The Morgan fingerprint density at radius 1 is 0.459 bits per heavy atom. The predicted molar refractivity (Wildman–Crippen MR) is 155 cm³/mol. The van der Waals surface area contributed by atoms with E-state index in [2.05, 4.69) is 140 Å². The topological polar surface area (TPSA) is 0 Å². The van der Waals surface area contributed by atoms with E-state index in [0.29, 0.717) is 53.3 Å². The van der Waals surface area contributed by atoms with Crippen molar-refractivity contribution in [3.63, 3.8) is 0 Å². The van der Waals surface area contributed by atoms with Crippen LogP contribution in [0.5, 0.6) is 0 Å². The Hall–Kier alpha value is -3.38. The second-order valence-corrected chi connectivity index (χ2v) is 11.7. The Bertz CT molecular complexity index is 1300. The molecule has 37 heavy (non-hydrogen) atoms. The van der Waals surface area contributed by atoms with Crippen LogP contribution >= 0.6 is 0 Å². The number of hydrogen-bond acceptors (Lipinski definition) is 0. The predicted octanol–water partition coefficient (Wildman–Crippen LogP) is 9.19. The van der Waals surface area contributed by atoms with Gasteiger partial charge in [-0.05, 0) is 81.9 Å². The normalized spacial score (nSPS) is 35.4. The molecule has 8 unspecified atom stereocenters. The largest absolute Gasteiger partial charge is 0.0808 e. The van der Waals surface area contributed by atoms with Crippen LogP contribution in [-0.2, 0) is 0 Å². The molecule has 4 aliphatic rings. The third kappa shape index (κ3) is 3.81. The summed E-state index contributed by atoms with van der Waals surface area (Å²) in [6.45, 7) is 2.49. The van der Waals surface area contributed by atoms with Crippen molar-refractivity contribution < 1.29 is 0 Å². The Labute approximate surface area is 222 Å². The molecule has 184 valence electrons. The van der Waals surface area contributed by atoms with Crippen molar-refractivity contribution in [1.29, 1.82) is 0 Å². The minimum absolute atomic E-state index is 0.428. The molecular formula is C37H36. The van der Waals surface area contributed by atoms with Gasteiger partial charge in [-0.2, -0.15) is 0 Å². The van der Waals surface area contributed by atoms with E-state index in [0.717, 1.165) is 0 Å². The molecule has 2 saturated carbocycles. The molecular weight excluding hydrogens is 444 g/mol. The van der Waals surface area contributed by atoms with Gasteiger partial charge in [-0.3, -0.25) is 0 Å². The van der Waals surface area contributed by atoms with Crippen molar-refractivity contribution in [3.05, 3.63) is 156 Å². The van der Waals surface area contributed by atoms with Crippen molar-refractivity contribution in [1.82, 2.24) is 0 Å². The van der Waals surface area contributed by atoms with Crippen LogP contribution in [0.2, 0.25) is 0 Å². The first-order valence-corrected chi connectivity index (χ1v) is 14.2. The number of allylic oxidation sites excluding steroid dienone is 8. The fourth-order valence-corrected chi connectivity index (χ4v) is 8.54. The zero-order chi connectivity index (χ0) is 24.8. The van der Waals surface area contributed by atoms with E-state index in [4.69, 9.17) is 0 Å². The van der Waals surface area contributed by atoms with Crippen molar-refractivity contribution >= 4 is 0 Å². The summed E-state index contributed by atoms with van der Waals surface area (Å²) >= 11 is 0. The van der Waals surface area contributed by atoms with E-state index in [-0.39, 0.29) is 0 Å². The maximum absolute atomic E-state index is 2.50. The summed E-state index contributed by atoms with van der Waals surface area (Å²) in [7, 11) is 0. The molecule has 8 atom stereocenters. The highest BCUT2D eigenvalue weighted by Gasteiger charge is 2.52. The molecule has 3 aromatic carbocycles. The summed E-state index contributed by atoms with van der Waals surface area (Å²) in [6.07, 6.45) is 20.4. The Kier molecular flexibility index (Phi) is 5.85. The van der Waals surface area contributed by atoms with E-state index in [9.17, 15) is 0 Å². The highest BCUT2D eigenvalue weighted by Crippen LogP contribution is 2.63. The molecule has 0 amide bonds. The van der Waals surface area contributed by atoms with E-state index in [1.807, 2.05) is 0 Å². The number of hydrogen-bond donors (Lipinski definition) is 0. The highest BCUT2D eigenvalue weighted by molar-refractivity contribution is 5.47. The average molecular weight is 481 g/mol. The van der Waals surface area contributed by atoms with Crippen LogP contribution in [0, 0.1) is 29.6 Å². The van der Waals surface area contributed by atoms with E-state index in [1.54, 1.807) is 11.1 Å². The first-order valence-electron chi connectivity index (χ1n) is 14.2. The van der Waals surface area contributed by atoms with Gasteiger partial charge in [0.15, 0.2) is 0 Å². The van der Waals surface area contributed by atoms with Gasteiger partial charge in [0.2, 0.25) is 0 Å². The molecule has 0 nitrogen and oxygen atoms in total. The maximum Gasteiger partial charge on any atom is -0.000966 e. The van der Waals surface area contributed by atoms with Gasteiger partial charge in [0.05, 0.1) is 0 Å². The fraction of sp³-hybridized carbons (Fsp3) is 0.297. The highest BCUT2D eigenvalue weighted by atomic mass is 14.5. The van der Waals surface area contributed by atoms with Crippen LogP contribution in [0.1, 0.15) is 59.3 Å². The molecule has 0 N–H and O–H groups in total. The summed E-state index contributed by atoms with van der Waals surface area (Å²) in [5.74, 6) is 4.86. The van der Waals surface area contributed by atoms with Crippen LogP contribution in [0.4, 0.5) is 0 Å². The monoisotopic (exact) mass is 480 g/mol. The summed E-state index contributed by atoms with van der Waals surface area (Å²) in [5.41, 5.74) is 6.14. The zero-order valence-corrected chi connectivity index (χ0v) is 21.6. The Morgan fingerprint density at radius 3 is 1.49 bits per heavy atom. The first-order chi connectivity index (χ1) is 18.3. The quantitative estimate of drug-likeness (QED) is 0.349. The molecule has 0 heterocycles. The average Bonchev–Trinajstić information content (AvgIpc) is 3.48. The molecule has 3 aromatic rings. The maximum atomic E-state index is 2.50. The van der Waals surface area contributed by atoms with Crippen LogP contribution < -0.4 is 0 Å². The van der Waals surface area contributed by atoms with Crippen LogP contribution in [0.3, 0.4) is 0 Å². The standard InChI is InChI=1S/C37H36/c1-25-24-28-18-8-9-19-29(28)34(25)30-20-10-13-23-33(30)37-35(26-14-4-2-5-15-26)31-21-11-12-22-32(31)36(37)27-16-6-3-7-17-27/h2-23,25,28-29,31-32,34-37H,24H2,1H3. The number of fused-ring (bicyclic) bond motifs is 2. The molecule has 0 aromatic heterocycles. The van der Waals surface area contributed by atoms with Crippen molar-refractivity contribution in [3.8, 4) is 0 Å². The van der Waals surface area contributed by atoms with Gasteiger partial charge in [0.25, 0.3) is 0 Å². The molecule has 0 aliphatic heterocycles. The summed E-state index contributed by atoms with van der Waals surface area (Å²) in [4.78, 5) is 0. The molecule has 0 saturated heterocycles. The lowest BCUT2D eigenvalue weighted by molar-refractivity contribution is 0.460. The number of rotatable bonds is 4. The second-order valence-electron chi connectivity index (χ2n) is 11.7. The van der Waals surface area contributed by atoms with E-state index >= 15 is 0 Å². The van der Waals surface area contributed by atoms with Crippen molar-refractivity contribution in [2.24, 2.45) is 29.6 Å². The van der Waals surface area contributed by atoms with Crippen LogP contribution in [-0.4, -0.2) is 0 Å². The Balaban J connectivity index is 1.43. The van der Waals surface area contributed by atoms with Crippen molar-refractivity contribution in [2.45, 2.75) is 37.0 Å². The zero-order valence-electron chi connectivity index (χ0n) is 21.6. The minimum atomic E-state index is 0.428. The SMILES string of the molecule is CC1CC2C=CC=CC2C1c1ccccc1C1C(c2ccccc2)C2C=CC=CC2C1c1ccccc1. The van der Waals surface area contributed by atoms with Crippen molar-refractivity contribution in [2.75, 3.05) is 0 Å². The fourth-order valence-electron chi connectivity index (χ4n) is 8.54. The molecule has 0 radical (unpaired) electrons.